The number of ether oxygens (including phenoxy) is 1. The second-order valence-electron chi connectivity index (χ2n) is 4.09. The highest BCUT2D eigenvalue weighted by molar-refractivity contribution is 5.27. The fourth-order valence-corrected chi connectivity index (χ4v) is 2.11. The molecule has 1 fully saturated rings. The topological polar surface area (TPSA) is 34.1 Å². The highest BCUT2D eigenvalue weighted by Crippen LogP contribution is 2.25. The molecule has 0 aromatic carbocycles. The van der Waals surface area contributed by atoms with Crippen LogP contribution in [0.5, 0.6) is 5.88 Å². The van der Waals surface area contributed by atoms with Crippen LogP contribution in [0.25, 0.3) is 0 Å². The molecule has 1 aliphatic rings. The van der Waals surface area contributed by atoms with Gasteiger partial charge in [-0.3, -0.25) is 0 Å². The lowest BCUT2D eigenvalue weighted by molar-refractivity contribution is 0.387. The normalized spacial score (nSPS) is 21.3. The van der Waals surface area contributed by atoms with Crippen molar-refractivity contribution in [1.29, 1.82) is 0 Å². The van der Waals surface area contributed by atoms with E-state index in [4.69, 9.17) is 4.74 Å². The van der Waals surface area contributed by atoms with E-state index >= 15 is 0 Å². The average molecular weight is 206 g/mol. The largest absolute Gasteiger partial charge is 0.481 e. The van der Waals surface area contributed by atoms with Crippen molar-refractivity contribution >= 4 is 0 Å². The minimum Gasteiger partial charge on any atom is -0.481 e. The van der Waals surface area contributed by atoms with Crippen molar-refractivity contribution in [3.63, 3.8) is 0 Å². The van der Waals surface area contributed by atoms with Gasteiger partial charge >= 0.3 is 0 Å². The van der Waals surface area contributed by atoms with Gasteiger partial charge in [-0.15, -0.1) is 0 Å². The van der Waals surface area contributed by atoms with Crippen LogP contribution in [0.15, 0.2) is 12.1 Å². The van der Waals surface area contributed by atoms with E-state index in [9.17, 15) is 0 Å². The molecule has 1 N–H and O–H groups in total. The van der Waals surface area contributed by atoms with E-state index in [1.54, 1.807) is 7.11 Å². The average Bonchev–Trinajstić information content (AvgIpc) is 2.29. The summed E-state index contributed by atoms with van der Waals surface area (Å²) in [6, 6.07) is 4.66. The number of nitrogens with one attached hydrogen (secondary N) is 1. The molecule has 3 nitrogen and oxygen atoms in total. The maximum absolute atomic E-state index is 5.19. The van der Waals surface area contributed by atoms with Gasteiger partial charge in [0.1, 0.15) is 0 Å². The van der Waals surface area contributed by atoms with Crippen molar-refractivity contribution in [2.75, 3.05) is 13.7 Å². The molecule has 0 amide bonds. The molecule has 15 heavy (non-hydrogen) atoms. The van der Waals surface area contributed by atoms with Gasteiger partial charge in [0.25, 0.3) is 0 Å². The smallest absolute Gasteiger partial charge is 0.213 e. The second-order valence-corrected chi connectivity index (χ2v) is 4.09. The quantitative estimate of drug-likeness (QED) is 0.805. The van der Waals surface area contributed by atoms with Crippen LogP contribution < -0.4 is 10.1 Å². The predicted molar refractivity (Wildman–Crippen MR) is 60.1 cm³/mol. The van der Waals surface area contributed by atoms with Crippen LogP contribution in [-0.2, 0) is 0 Å². The van der Waals surface area contributed by atoms with E-state index < -0.39 is 0 Å². The third-order valence-electron chi connectivity index (χ3n) is 2.87. The van der Waals surface area contributed by atoms with E-state index in [0.717, 1.165) is 18.1 Å². The first kappa shape index (κ1) is 10.4. The van der Waals surface area contributed by atoms with Crippen molar-refractivity contribution in [3.8, 4) is 5.88 Å². The summed E-state index contributed by atoms with van der Waals surface area (Å²) < 4.78 is 5.19. The Morgan fingerprint density at radius 1 is 1.40 bits per heavy atom. The van der Waals surface area contributed by atoms with Gasteiger partial charge < -0.3 is 10.1 Å². The molecule has 1 atom stereocenters. The second kappa shape index (κ2) is 4.62. The summed E-state index contributed by atoms with van der Waals surface area (Å²) in [6.07, 6.45) is 3.81. The van der Waals surface area contributed by atoms with E-state index in [1.807, 2.05) is 13.0 Å². The van der Waals surface area contributed by atoms with Gasteiger partial charge in [0.05, 0.1) is 7.11 Å². The summed E-state index contributed by atoms with van der Waals surface area (Å²) in [5, 5.41) is 3.53. The molecule has 3 heteroatoms. The number of aromatic nitrogens is 1. The monoisotopic (exact) mass is 206 g/mol. The van der Waals surface area contributed by atoms with Crippen molar-refractivity contribution in [2.24, 2.45) is 0 Å². The van der Waals surface area contributed by atoms with E-state index in [0.29, 0.717) is 6.04 Å². The fraction of sp³-hybridized carbons (Fsp3) is 0.583. The van der Waals surface area contributed by atoms with Crippen LogP contribution in [0, 0.1) is 6.92 Å². The summed E-state index contributed by atoms with van der Waals surface area (Å²) in [5.41, 5.74) is 2.33. The Bertz CT molecular complexity index is 332. The summed E-state index contributed by atoms with van der Waals surface area (Å²) in [4.78, 5) is 4.30. The molecule has 0 saturated carbocycles. The van der Waals surface area contributed by atoms with Gasteiger partial charge in [-0.2, -0.15) is 0 Å². The van der Waals surface area contributed by atoms with E-state index in [-0.39, 0.29) is 0 Å². The molecule has 2 heterocycles. The summed E-state index contributed by atoms with van der Waals surface area (Å²) in [7, 11) is 1.67. The van der Waals surface area contributed by atoms with Gasteiger partial charge in [0, 0.05) is 17.8 Å². The van der Waals surface area contributed by atoms with Gasteiger partial charge in [0.15, 0.2) is 0 Å². The number of pyridine rings is 1. The Morgan fingerprint density at radius 2 is 2.27 bits per heavy atom. The Balaban J connectivity index is 2.22. The van der Waals surface area contributed by atoms with Crippen LogP contribution in [0.2, 0.25) is 0 Å². The number of nitrogens with zero attached hydrogens (tertiary/aromatic N) is 1. The highest BCUT2D eigenvalue weighted by Gasteiger charge is 2.15. The van der Waals surface area contributed by atoms with Crippen molar-refractivity contribution in [1.82, 2.24) is 10.3 Å². The molecule has 1 aromatic rings. The maximum atomic E-state index is 5.19. The Labute approximate surface area is 90.9 Å². The number of hydrogen-bond acceptors (Lipinski definition) is 3. The van der Waals surface area contributed by atoms with E-state index in [1.165, 1.54) is 24.8 Å². The van der Waals surface area contributed by atoms with Crippen molar-refractivity contribution < 1.29 is 4.74 Å². The third kappa shape index (κ3) is 2.48. The number of aryl methyl sites for hydroxylation is 1. The lowest BCUT2D eigenvalue weighted by Crippen LogP contribution is -2.26. The third-order valence-corrected chi connectivity index (χ3v) is 2.87. The standard InChI is InChI=1S/C12H18N2O/c1-9-7-10(8-12(14-9)15-2)11-5-3-4-6-13-11/h7-8,11,13H,3-6H2,1-2H3. The molecular weight excluding hydrogens is 188 g/mol. The SMILES string of the molecule is COc1cc(C2CCCCN2)cc(C)n1. The summed E-state index contributed by atoms with van der Waals surface area (Å²) >= 11 is 0. The molecule has 0 bridgehead atoms. The molecule has 82 valence electrons. The van der Waals surface area contributed by atoms with Gasteiger partial charge in [-0.05, 0) is 37.9 Å². The maximum Gasteiger partial charge on any atom is 0.213 e. The first-order valence-electron chi connectivity index (χ1n) is 5.55. The first-order valence-corrected chi connectivity index (χ1v) is 5.55. The number of rotatable bonds is 2. The van der Waals surface area contributed by atoms with Crippen LogP contribution in [-0.4, -0.2) is 18.6 Å². The predicted octanol–water partition coefficient (Wildman–Crippen LogP) is 2.21. The minimum absolute atomic E-state index is 0.481. The van der Waals surface area contributed by atoms with Crippen LogP contribution in [0.4, 0.5) is 0 Å². The van der Waals surface area contributed by atoms with Gasteiger partial charge in [-0.1, -0.05) is 6.42 Å². The summed E-state index contributed by atoms with van der Waals surface area (Å²) in [5.74, 6) is 0.720. The minimum atomic E-state index is 0.481. The lowest BCUT2D eigenvalue weighted by atomic mass is 9.98. The molecule has 1 aromatic heterocycles. The van der Waals surface area contributed by atoms with Crippen molar-refractivity contribution in [2.45, 2.75) is 32.2 Å². The van der Waals surface area contributed by atoms with Crippen LogP contribution in [0.1, 0.15) is 36.6 Å². The molecule has 0 spiro atoms. The molecule has 1 saturated heterocycles. The molecule has 2 rings (SSSR count). The first-order chi connectivity index (χ1) is 7.29. The zero-order chi connectivity index (χ0) is 10.7. The molecular formula is C12H18N2O. The van der Waals surface area contributed by atoms with Gasteiger partial charge in [0.2, 0.25) is 5.88 Å². The highest BCUT2D eigenvalue weighted by atomic mass is 16.5. The lowest BCUT2D eigenvalue weighted by Gasteiger charge is -2.24. The molecule has 1 aliphatic heterocycles. The number of hydrogen-bond donors (Lipinski definition) is 1. The summed E-state index contributed by atoms with van der Waals surface area (Å²) in [6.45, 7) is 3.13. The number of piperidine rings is 1. The Kier molecular flexibility index (Phi) is 3.21. The zero-order valence-corrected chi connectivity index (χ0v) is 9.42. The Hall–Kier alpha value is -1.09. The molecule has 0 radical (unpaired) electrons. The zero-order valence-electron chi connectivity index (χ0n) is 9.42. The van der Waals surface area contributed by atoms with Gasteiger partial charge in [-0.25, -0.2) is 4.98 Å². The Morgan fingerprint density at radius 3 is 2.93 bits per heavy atom. The number of methoxy groups -OCH3 is 1. The fourth-order valence-electron chi connectivity index (χ4n) is 2.11. The van der Waals surface area contributed by atoms with Crippen LogP contribution >= 0.6 is 0 Å². The molecule has 1 unspecified atom stereocenters. The van der Waals surface area contributed by atoms with Crippen molar-refractivity contribution in [3.05, 3.63) is 23.4 Å². The molecule has 0 aliphatic carbocycles. The van der Waals surface area contributed by atoms with E-state index in [2.05, 4.69) is 16.4 Å². The van der Waals surface area contributed by atoms with Crippen LogP contribution in [0.3, 0.4) is 0 Å².